The molecular weight excluding hydrogens is 301 g/mol. The SMILES string of the molecule is CC(c1ccc(F)cc1)N(C)C(=O)Cn1ccc(=O)n(C)c1=O. The van der Waals surface area contributed by atoms with Crippen molar-refractivity contribution < 1.29 is 9.18 Å². The molecule has 0 N–H and O–H groups in total. The van der Waals surface area contributed by atoms with E-state index in [4.69, 9.17) is 0 Å². The Morgan fingerprint density at radius 1 is 1.22 bits per heavy atom. The average molecular weight is 319 g/mol. The molecule has 0 saturated carbocycles. The molecule has 0 bridgehead atoms. The van der Waals surface area contributed by atoms with E-state index in [0.717, 1.165) is 10.1 Å². The second kappa shape index (κ2) is 6.60. The van der Waals surface area contributed by atoms with E-state index in [1.165, 1.54) is 40.9 Å². The number of likely N-dealkylation sites (N-methyl/N-ethyl adjacent to an activating group) is 1. The van der Waals surface area contributed by atoms with Gasteiger partial charge in [-0.15, -0.1) is 0 Å². The molecule has 0 aliphatic carbocycles. The minimum Gasteiger partial charge on any atom is -0.337 e. The number of carbonyl (C=O) groups excluding carboxylic acids is 1. The van der Waals surface area contributed by atoms with Crippen LogP contribution >= 0.6 is 0 Å². The molecule has 0 fully saturated rings. The molecule has 2 rings (SSSR count). The third kappa shape index (κ3) is 3.56. The lowest BCUT2D eigenvalue weighted by Gasteiger charge is -2.25. The van der Waals surface area contributed by atoms with E-state index < -0.39 is 11.2 Å². The van der Waals surface area contributed by atoms with Crippen molar-refractivity contribution >= 4 is 5.91 Å². The predicted octanol–water partition coefficient (Wildman–Crippen LogP) is 0.906. The molecule has 7 heteroatoms. The molecule has 0 aliphatic heterocycles. The van der Waals surface area contributed by atoms with Gasteiger partial charge in [0.15, 0.2) is 0 Å². The van der Waals surface area contributed by atoms with Gasteiger partial charge >= 0.3 is 5.69 Å². The number of aromatic nitrogens is 2. The largest absolute Gasteiger partial charge is 0.337 e. The Bertz CT molecular complexity index is 824. The van der Waals surface area contributed by atoms with Crippen LogP contribution in [0.2, 0.25) is 0 Å². The highest BCUT2D eigenvalue weighted by Gasteiger charge is 2.18. The van der Waals surface area contributed by atoms with Gasteiger partial charge < -0.3 is 4.90 Å². The second-order valence-electron chi connectivity index (χ2n) is 5.36. The number of hydrogen-bond donors (Lipinski definition) is 0. The Balaban J connectivity index is 2.17. The summed E-state index contributed by atoms with van der Waals surface area (Å²) in [5.41, 5.74) is -0.185. The summed E-state index contributed by atoms with van der Waals surface area (Å²) in [5, 5.41) is 0. The fourth-order valence-corrected chi connectivity index (χ4v) is 2.17. The van der Waals surface area contributed by atoms with Crippen molar-refractivity contribution in [1.29, 1.82) is 0 Å². The molecule has 0 saturated heterocycles. The number of amides is 1. The number of nitrogens with zero attached hydrogens (tertiary/aromatic N) is 3. The minimum atomic E-state index is -0.548. The van der Waals surface area contributed by atoms with Crippen molar-refractivity contribution in [2.45, 2.75) is 19.5 Å². The molecule has 1 aromatic carbocycles. The Morgan fingerprint density at radius 3 is 2.43 bits per heavy atom. The Hall–Kier alpha value is -2.70. The van der Waals surface area contributed by atoms with Crippen LogP contribution in [0.4, 0.5) is 4.39 Å². The first-order chi connectivity index (χ1) is 10.8. The summed E-state index contributed by atoms with van der Waals surface area (Å²) < 4.78 is 15.1. The van der Waals surface area contributed by atoms with Crippen molar-refractivity contribution in [2.75, 3.05) is 7.05 Å². The molecule has 1 heterocycles. The van der Waals surface area contributed by atoms with Crippen molar-refractivity contribution in [3.8, 4) is 0 Å². The maximum Gasteiger partial charge on any atom is 0.331 e. The van der Waals surface area contributed by atoms with Crippen molar-refractivity contribution in [3.63, 3.8) is 0 Å². The maximum absolute atomic E-state index is 13.0. The van der Waals surface area contributed by atoms with E-state index in [1.54, 1.807) is 19.2 Å². The van der Waals surface area contributed by atoms with Crippen LogP contribution in [0.15, 0.2) is 46.1 Å². The number of rotatable bonds is 4. The number of carbonyl (C=O) groups is 1. The molecule has 6 nitrogen and oxygen atoms in total. The van der Waals surface area contributed by atoms with E-state index >= 15 is 0 Å². The maximum atomic E-state index is 13.0. The summed E-state index contributed by atoms with van der Waals surface area (Å²) >= 11 is 0. The number of halogens is 1. The van der Waals surface area contributed by atoms with Crippen LogP contribution in [-0.4, -0.2) is 27.0 Å². The molecular formula is C16H18FN3O3. The van der Waals surface area contributed by atoms with Gasteiger partial charge in [-0.2, -0.15) is 0 Å². The zero-order valence-corrected chi connectivity index (χ0v) is 13.2. The monoisotopic (exact) mass is 319 g/mol. The number of benzene rings is 1. The van der Waals surface area contributed by atoms with E-state index in [-0.39, 0.29) is 24.3 Å². The number of hydrogen-bond acceptors (Lipinski definition) is 3. The van der Waals surface area contributed by atoms with Gasteiger partial charge in [0.05, 0.1) is 6.04 Å². The van der Waals surface area contributed by atoms with E-state index in [2.05, 4.69) is 0 Å². The normalized spacial score (nSPS) is 12.0. The Kier molecular flexibility index (Phi) is 4.78. The van der Waals surface area contributed by atoms with Gasteiger partial charge in [0, 0.05) is 26.4 Å². The summed E-state index contributed by atoms with van der Waals surface area (Å²) in [4.78, 5) is 37.1. The van der Waals surface area contributed by atoms with Crippen LogP contribution in [0.3, 0.4) is 0 Å². The van der Waals surface area contributed by atoms with Crippen molar-refractivity contribution in [1.82, 2.24) is 14.0 Å². The molecule has 23 heavy (non-hydrogen) atoms. The van der Waals surface area contributed by atoms with Crippen LogP contribution in [0.1, 0.15) is 18.5 Å². The standard InChI is InChI=1S/C16H18FN3O3/c1-11(12-4-6-13(17)7-5-12)18(2)15(22)10-20-9-8-14(21)19(3)16(20)23/h4-9,11H,10H2,1-3H3. The van der Waals surface area contributed by atoms with Gasteiger partial charge in [-0.3, -0.25) is 18.7 Å². The Morgan fingerprint density at radius 2 is 1.83 bits per heavy atom. The van der Waals surface area contributed by atoms with Crippen molar-refractivity contribution in [2.24, 2.45) is 7.05 Å². The molecule has 0 spiro atoms. The summed E-state index contributed by atoms with van der Waals surface area (Å²) in [6.45, 7) is 1.64. The third-order valence-electron chi connectivity index (χ3n) is 3.89. The molecule has 0 aliphatic rings. The van der Waals surface area contributed by atoms with E-state index in [1.807, 2.05) is 6.92 Å². The van der Waals surface area contributed by atoms with Crippen LogP contribution in [0.5, 0.6) is 0 Å². The van der Waals surface area contributed by atoms with Crippen LogP contribution < -0.4 is 11.2 Å². The molecule has 0 radical (unpaired) electrons. The molecule has 122 valence electrons. The minimum absolute atomic E-state index is 0.172. The zero-order valence-electron chi connectivity index (χ0n) is 13.2. The van der Waals surface area contributed by atoms with Gasteiger partial charge in [0.2, 0.25) is 5.91 Å². The molecule has 1 atom stereocenters. The van der Waals surface area contributed by atoms with E-state index in [0.29, 0.717) is 0 Å². The highest BCUT2D eigenvalue weighted by atomic mass is 19.1. The Labute approximate surface area is 132 Å². The zero-order chi connectivity index (χ0) is 17.1. The molecule has 1 unspecified atom stereocenters. The quantitative estimate of drug-likeness (QED) is 0.841. The lowest BCUT2D eigenvalue weighted by molar-refractivity contribution is -0.132. The van der Waals surface area contributed by atoms with Gasteiger partial charge in [0.1, 0.15) is 12.4 Å². The van der Waals surface area contributed by atoms with Gasteiger partial charge in [0.25, 0.3) is 5.56 Å². The third-order valence-corrected chi connectivity index (χ3v) is 3.89. The summed E-state index contributed by atoms with van der Waals surface area (Å²) in [6, 6.07) is 6.86. The average Bonchev–Trinajstić information content (AvgIpc) is 2.54. The first-order valence-corrected chi connectivity index (χ1v) is 7.09. The van der Waals surface area contributed by atoms with Crippen LogP contribution in [-0.2, 0) is 18.4 Å². The lowest BCUT2D eigenvalue weighted by Crippen LogP contribution is -2.41. The topological polar surface area (TPSA) is 64.3 Å². The molecule has 1 amide bonds. The van der Waals surface area contributed by atoms with Gasteiger partial charge in [-0.1, -0.05) is 12.1 Å². The summed E-state index contributed by atoms with van der Waals surface area (Å²) in [7, 11) is 2.97. The second-order valence-corrected chi connectivity index (χ2v) is 5.36. The fourth-order valence-electron chi connectivity index (χ4n) is 2.17. The fraction of sp³-hybridized carbons (Fsp3) is 0.312. The highest BCUT2D eigenvalue weighted by Crippen LogP contribution is 2.19. The summed E-state index contributed by atoms with van der Waals surface area (Å²) in [5.74, 6) is -0.630. The van der Waals surface area contributed by atoms with Crippen LogP contribution in [0, 0.1) is 5.82 Å². The first-order valence-electron chi connectivity index (χ1n) is 7.09. The van der Waals surface area contributed by atoms with Crippen LogP contribution in [0.25, 0.3) is 0 Å². The first kappa shape index (κ1) is 16.7. The van der Waals surface area contributed by atoms with Crippen molar-refractivity contribution in [3.05, 3.63) is 68.7 Å². The van der Waals surface area contributed by atoms with Gasteiger partial charge in [-0.05, 0) is 24.6 Å². The molecule has 2 aromatic rings. The smallest absolute Gasteiger partial charge is 0.331 e. The summed E-state index contributed by atoms with van der Waals surface area (Å²) in [6.07, 6.45) is 1.30. The molecule has 1 aromatic heterocycles. The highest BCUT2D eigenvalue weighted by molar-refractivity contribution is 5.76. The lowest BCUT2D eigenvalue weighted by atomic mass is 10.1. The van der Waals surface area contributed by atoms with E-state index in [9.17, 15) is 18.8 Å². The predicted molar refractivity (Wildman–Crippen MR) is 83.5 cm³/mol. The van der Waals surface area contributed by atoms with Gasteiger partial charge in [-0.25, -0.2) is 9.18 Å².